The lowest BCUT2D eigenvalue weighted by Gasteiger charge is -2.30. The van der Waals surface area contributed by atoms with Gasteiger partial charge in [0.15, 0.2) is 5.11 Å². The molecule has 1 fully saturated rings. The molecule has 1 aromatic heterocycles. The summed E-state index contributed by atoms with van der Waals surface area (Å²) < 4.78 is 0. The lowest BCUT2D eigenvalue weighted by Crippen LogP contribution is -2.44. The predicted molar refractivity (Wildman–Crippen MR) is 79.0 cm³/mol. The van der Waals surface area contributed by atoms with Crippen LogP contribution in [-0.2, 0) is 0 Å². The van der Waals surface area contributed by atoms with Gasteiger partial charge in [-0.25, -0.2) is 0 Å². The summed E-state index contributed by atoms with van der Waals surface area (Å²) in [4.78, 5) is 6.24. The number of hydrogen-bond donors (Lipinski definition) is 2. The number of piperidine rings is 1. The van der Waals surface area contributed by atoms with E-state index in [0.29, 0.717) is 5.11 Å². The van der Waals surface area contributed by atoms with Crippen molar-refractivity contribution in [1.82, 2.24) is 15.3 Å². The summed E-state index contributed by atoms with van der Waals surface area (Å²) in [6.45, 7) is 3.42. The lowest BCUT2D eigenvalue weighted by molar-refractivity contribution is 0.109. The Balaban J connectivity index is 1.89. The second kappa shape index (κ2) is 6.58. The maximum atomic E-state index is 9.45. The van der Waals surface area contributed by atoms with Crippen molar-refractivity contribution in [2.75, 3.05) is 13.1 Å². The molecule has 0 unspecified atom stereocenters. The van der Waals surface area contributed by atoms with Crippen molar-refractivity contribution in [3.05, 3.63) is 30.1 Å². The Kier molecular flexibility index (Phi) is 4.81. The zero-order chi connectivity index (χ0) is 13.7. The second-order valence-electron chi connectivity index (χ2n) is 4.55. The zero-order valence-corrected chi connectivity index (χ0v) is 11.7. The van der Waals surface area contributed by atoms with Crippen LogP contribution in [0.5, 0.6) is 0 Å². The van der Waals surface area contributed by atoms with Crippen molar-refractivity contribution in [3.8, 4) is 0 Å². The molecule has 0 bridgehead atoms. The Labute approximate surface area is 118 Å². The van der Waals surface area contributed by atoms with Crippen LogP contribution < -0.4 is 5.43 Å². The van der Waals surface area contributed by atoms with Crippen LogP contribution in [0.1, 0.15) is 25.5 Å². The molecule has 0 aliphatic carbocycles. The van der Waals surface area contributed by atoms with Crippen molar-refractivity contribution in [2.45, 2.75) is 25.9 Å². The standard InChI is InChI=1S/C13H18N4OS/c1-10(12-4-2-3-7-14-12)15-16-13(19)17-8-5-11(18)6-9-17/h2-4,7,11,18H,5-6,8-9H2,1H3,(H,16,19)/b15-10-. The Morgan fingerprint density at radius 1 is 1.47 bits per heavy atom. The van der Waals surface area contributed by atoms with Crippen molar-refractivity contribution >= 4 is 23.0 Å². The normalized spacial score (nSPS) is 17.4. The zero-order valence-electron chi connectivity index (χ0n) is 10.9. The van der Waals surface area contributed by atoms with E-state index in [4.69, 9.17) is 12.2 Å². The smallest absolute Gasteiger partial charge is 0.189 e. The van der Waals surface area contributed by atoms with Gasteiger partial charge in [0, 0.05) is 19.3 Å². The predicted octanol–water partition coefficient (Wildman–Crippen LogP) is 1.14. The van der Waals surface area contributed by atoms with E-state index in [1.165, 1.54) is 0 Å². The molecule has 2 heterocycles. The number of thiocarbonyl (C=S) groups is 1. The molecule has 0 saturated carbocycles. The molecule has 5 nitrogen and oxygen atoms in total. The van der Waals surface area contributed by atoms with Crippen molar-refractivity contribution in [2.24, 2.45) is 5.10 Å². The highest BCUT2D eigenvalue weighted by atomic mass is 32.1. The average Bonchev–Trinajstić information content (AvgIpc) is 2.46. The van der Waals surface area contributed by atoms with E-state index in [1.807, 2.05) is 30.0 Å². The number of hydrazone groups is 1. The molecule has 0 amide bonds. The summed E-state index contributed by atoms with van der Waals surface area (Å²) in [5.41, 5.74) is 4.51. The molecule has 0 atom stereocenters. The molecular formula is C13H18N4OS. The fourth-order valence-corrected chi connectivity index (χ4v) is 2.13. The van der Waals surface area contributed by atoms with Crippen molar-refractivity contribution in [1.29, 1.82) is 0 Å². The van der Waals surface area contributed by atoms with Crippen molar-refractivity contribution in [3.63, 3.8) is 0 Å². The SMILES string of the molecule is C/C(=N/NC(=S)N1CCC(O)CC1)c1ccccn1. The number of hydrogen-bond acceptors (Lipinski definition) is 4. The summed E-state index contributed by atoms with van der Waals surface area (Å²) in [7, 11) is 0. The number of nitrogens with one attached hydrogen (secondary N) is 1. The Morgan fingerprint density at radius 2 is 2.21 bits per heavy atom. The topological polar surface area (TPSA) is 60.8 Å². The van der Waals surface area contributed by atoms with Crippen LogP contribution in [-0.4, -0.2) is 45.0 Å². The minimum absolute atomic E-state index is 0.196. The minimum atomic E-state index is -0.196. The molecule has 102 valence electrons. The number of nitrogens with zero attached hydrogens (tertiary/aromatic N) is 3. The van der Waals surface area contributed by atoms with Crippen LogP contribution in [0.2, 0.25) is 0 Å². The van der Waals surface area contributed by atoms with E-state index in [2.05, 4.69) is 15.5 Å². The van der Waals surface area contributed by atoms with E-state index in [9.17, 15) is 5.11 Å². The summed E-state index contributed by atoms with van der Waals surface area (Å²) in [5, 5.41) is 14.3. The summed E-state index contributed by atoms with van der Waals surface area (Å²) >= 11 is 5.29. The second-order valence-corrected chi connectivity index (χ2v) is 4.93. The summed E-state index contributed by atoms with van der Waals surface area (Å²) in [6.07, 6.45) is 3.05. The largest absolute Gasteiger partial charge is 0.393 e. The van der Waals surface area contributed by atoms with Crippen LogP contribution >= 0.6 is 12.2 Å². The first kappa shape index (κ1) is 13.9. The number of aliphatic hydroxyl groups excluding tert-OH is 1. The Bertz CT molecular complexity index is 455. The molecule has 1 saturated heterocycles. The summed E-state index contributed by atoms with van der Waals surface area (Å²) in [6, 6.07) is 5.69. The number of aliphatic hydroxyl groups is 1. The molecule has 1 aliphatic heterocycles. The molecule has 2 rings (SSSR count). The highest BCUT2D eigenvalue weighted by molar-refractivity contribution is 7.80. The van der Waals surface area contributed by atoms with Gasteiger partial charge in [0.05, 0.1) is 17.5 Å². The van der Waals surface area contributed by atoms with Crippen LogP contribution in [0.15, 0.2) is 29.5 Å². The number of pyridine rings is 1. The third-order valence-electron chi connectivity index (χ3n) is 3.11. The van der Waals surface area contributed by atoms with Gasteiger partial charge in [-0.3, -0.25) is 10.4 Å². The van der Waals surface area contributed by atoms with Crippen molar-refractivity contribution < 1.29 is 5.11 Å². The lowest BCUT2D eigenvalue weighted by atomic mass is 10.1. The number of rotatable bonds is 2. The molecule has 0 aromatic carbocycles. The monoisotopic (exact) mass is 278 g/mol. The highest BCUT2D eigenvalue weighted by Gasteiger charge is 2.18. The van der Waals surface area contributed by atoms with Gasteiger partial charge in [-0.2, -0.15) is 5.10 Å². The van der Waals surface area contributed by atoms with Crippen LogP contribution in [0, 0.1) is 0 Å². The maximum Gasteiger partial charge on any atom is 0.189 e. The maximum absolute atomic E-state index is 9.45. The van der Waals surface area contributed by atoms with E-state index in [1.54, 1.807) is 6.20 Å². The average molecular weight is 278 g/mol. The Morgan fingerprint density at radius 3 is 2.84 bits per heavy atom. The number of likely N-dealkylation sites (tertiary alicyclic amines) is 1. The molecule has 6 heteroatoms. The minimum Gasteiger partial charge on any atom is -0.393 e. The van der Waals surface area contributed by atoms with Gasteiger partial charge >= 0.3 is 0 Å². The molecule has 0 radical (unpaired) electrons. The molecule has 19 heavy (non-hydrogen) atoms. The first-order chi connectivity index (χ1) is 9.16. The molecule has 1 aliphatic rings. The van der Waals surface area contributed by atoms with E-state index in [-0.39, 0.29) is 6.10 Å². The van der Waals surface area contributed by atoms with Gasteiger partial charge in [0.1, 0.15) is 0 Å². The van der Waals surface area contributed by atoms with Crippen LogP contribution in [0.25, 0.3) is 0 Å². The first-order valence-electron chi connectivity index (χ1n) is 6.35. The highest BCUT2D eigenvalue weighted by Crippen LogP contribution is 2.09. The van der Waals surface area contributed by atoms with E-state index < -0.39 is 0 Å². The van der Waals surface area contributed by atoms with Crippen LogP contribution in [0.4, 0.5) is 0 Å². The summed E-state index contributed by atoms with van der Waals surface area (Å²) in [5.74, 6) is 0. The van der Waals surface area contributed by atoms with Gasteiger partial charge in [0.25, 0.3) is 0 Å². The molecule has 2 N–H and O–H groups in total. The molecular weight excluding hydrogens is 260 g/mol. The van der Waals surface area contributed by atoms with E-state index in [0.717, 1.165) is 37.3 Å². The third-order valence-corrected chi connectivity index (χ3v) is 3.46. The van der Waals surface area contributed by atoms with Gasteiger partial charge in [-0.1, -0.05) is 6.07 Å². The van der Waals surface area contributed by atoms with Gasteiger partial charge < -0.3 is 10.0 Å². The fourth-order valence-electron chi connectivity index (χ4n) is 1.91. The van der Waals surface area contributed by atoms with Gasteiger partial charge in [0.2, 0.25) is 0 Å². The third kappa shape index (κ3) is 3.97. The van der Waals surface area contributed by atoms with E-state index >= 15 is 0 Å². The number of aromatic nitrogens is 1. The quantitative estimate of drug-likeness (QED) is 0.482. The first-order valence-corrected chi connectivity index (χ1v) is 6.76. The van der Waals surface area contributed by atoms with Gasteiger partial charge in [-0.05, 0) is 44.1 Å². The van der Waals surface area contributed by atoms with Gasteiger partial charge in [-0.15, -0.1) is 0 Å². The fraction of sp³-hybridized carbons (Fsp3) is 0.462. The molecule has 0 spiro atoms. The molecule has 1 aromatic rings. The van der Waals surface area contributed by atoms with Crippen LogP contribution in [0.3, 0.4) is 0 Å². The Hall–Kier alpha value is -1.53.